The fourth-order valence-corrected chi connectivity index (χ4v) is 1.58. The van der Waals surface area contributed by atoms with Crippen molar-refractivity contribution in [1.29, 1.82) is 0 Å². The largest absolute Gasteiger partial charge is 0.490 e. The molecule has 0 unspecified atom stereocenters. The molecule has 3 heteroatoms. The number of fused-ring (bicyclic) bond motifs is 1. The summed E-state index contributed by atoms with van der Waals surface area (Å²) in [5, 5.41) is 0. The number of ketones is 2. The molecule has 1 aliphatic carbocycles. The number of benzene rings is 1. The second-order valence-electron chi connectivity index (χ2n) is 3.33. The fraction of sp³-hybridized carbons (Fsp3) is 0.167. The van der Waals surface area contributed by atoms with Crippen molar-refractivity contribution in [2.24, 2.45) is 0 Å². The van der Waals surface area contributed by atoms with Gasteiger partial charge in [0.05, 0.1) is 6.42 Å². The monoisotopic (exact) mass is 202 g/mol. The van der Waals surface area contributed by atoms with E-state index in [-0.39, 0.29) is 18.0 Å². The number of Topliss-reactive ketones (excluding diaryl/α,β-unsaturated/α-hetero) is 2. The van der Waals surface area contributed by atoms with Gasteiger partial charge in [0.15, 0.2) is 11.6 Å². The molecule has 0 saturated carbocycles. The molecule has 0 N–H and O–H groups in total. The predicted molar refractivity (Wildman–Crippen MR) is 55.4 cm³/mol. The number of rotatable bonds is 3. The Kier molecular flexibility index (Phi) is 2.37. The lowest BCUT2D eigenvalue weighted by Gasteiger charge is -2.04. The van der Waals surface area contributed by atoms with E-state index in [0.29, 0.717) is 23.5 Å². The lowest BCUT2D eigenvalue weighted by Crippen LogP contribution is -1.96. The van der Waals surface area contributed by atoms with Crippen LogP contribution < -0.4 is 4.74 Å². The van der Waals surface area contributed by atoms with Crippen LogP contribution >= 0.6 is 0 Å². The molecule has 1 aliphatic rings. The lowest BCUT2D eigenvalue weighted by atomic mass is 10.1. The van der Waals surface area contributed by atoms with Gasteiger partial charge in [0, 0.05) is 11.1 Å². The van der Waals surface area contributed by atoms with Gasteiger partial charge < -0.3 is 4.74 Å². The summed E-state index contributed by atoms with van der Waals surface area (Å²) in [4.78, 5) is 22.7. The van der Waals surface area contributed by atoms with E-state index in [4.69, 9.17) is 4.74 Å². The van der Waals surface area contributed by atoms with Gasteiger partial charge in [-0.05, 0) is 18.2 Å². The SMILES string of the molecule is C=CCOc1ccc2c(c1)C(=O)CC2=O. The zero-order chi connectivity index (χ0) is 10.8. The molecule has 2 rings (SSSR count). The third-order valence-electron chi connectivity index (χ3n) is 2.28. The topological polar surface area (TPSA) is 43.4 Å². The number of hydrogen-bond donors (Lipinski definition) is 0. The van der Waals surface area contributed by atoms with Crippen molar-refractivity contribution in [2.75, 3.05) is 6.61 Å². The third kappa shape index (κ3) is 1.68. The van der Waals surface area contributed by atoms with E-state index in [1.54, 1.807) is 24.3 Å². The molecule has 0 aliphatic heterocycles. The second-order valence-corrected chi connectivity index (χ2v) is 3.33. The van der Waals surface area contributed by atoms with Crippen LogP contribution in [0, 0.1) is 0 Å². The van der Waals surface area contributed by atoms with Gasteiger partial charge in [0.1, 0.15) is 12.4 Å². The van der Waals surface area contributed by atoms with Gasteiger partial charge >= 0.3 is 0 Å². The van der Waals surface area contributed by atoms with E-state index in [0.717, 1.165) is 0 Å². The first-order chi connectivity index (χ1) is 7.22. The molecule has 76 valence electrons. The van der Waals surface area contributed by atoms with Crippen LogP contribution in [0.1, 0.15) is 27.1 Å². The maximum atomic E-state index is 11.4. The highest BCUT2D eigenvalue weighted by Crippen LogP contribution is 2.26. The molecule has 15 heavy (non-hydrogen) atoms. The minimum Gasteiger partial charge on any atom is -0.490 e. The van der Waals surface area contributed by atoms with Crippen LogP contribution in [0.2, 0.25) is 0 Å². The maximum absolute atomic E-state index is 11.4. The Morgan fingerprint density at radius 3 is 2.73 bits per heavy atom. The third-order valence-corrected chi connectivity index (χ3v) is 2.28. The van der Waals surface area contributed by atoms with E-state index < -0.39 is 0 Å². The van der Waals surface area contributed by atoms with E-state index in [1.807, 2.05) is 0 Å². The number of carbonyl (C=O) groups is 2. The Bertz CT molecular complexity index is 446. The first-order valence-corrected chi connectivity index (χ1v) is 4.66. The first kappa shape index (κ1) is 9.65. The van der Waals surface area contributed by atoms with Gasteiger partial charge in [-0.2, -0.15) is 0 Å². The average Bonchev–Trinajstić information content (AvgIpc) is 2.52. The van der Waals surface area contributed by atoms with Crippen LogP contribution in [0.5, 0.6) is 5.75 Å². The predicted octanol–water partition coefficient (Wildman–Crippen LogP) is 2.02. The van der Waals surface area contributed by atoms with Crippen LogP contribution in [0.3, 0.4) is 0 Å². The molecule has 1 aromatic rings. The summed E-state index contributed by atoms with van der Waals surface area (Å²) in [6.45, 7) is 3.92. The molecule has 0 aromatic heterocycles. The van der Waals surface area contributed by atoms with Crippen LogP contribution in [0.15, 0.2) is 30.9 Å². The minimum absolute atomic E-state index is 0.0136. The Hall–Kier alpha value is -1.90. The molecular weight excluding hydrogens is 192 g/mol. The smallest absolute Gasteiger partial charge is 0.171 e. The Labute approximate surface area is 87.4 Å². The van der Waals surface area contributed by atoms with Crippen molar-refractivity contribution in [3.05, 3.63) is 42.0 Å². The average molecular weight is 202 g/mol. The van der Waals surface area contributed by atoms with E-state index in [2.05, 4.69) is 6.58 Å². The van der Waals surface area contributed by atoms with Crippen molar-refractivity contribution in [2.45, 2.75) is 6.42 Å². The summed E-state index contributed by atoms with van der Waals surface area (Å²) in [5.74, 6) is 0.362. The van der Waals surface area contributed by atoms with Gasteiger partial charge in [-0.1, -0.05) is 12.7 Å². The fourth-order valence-electron chi connectivity index (χ4n) is 1.58. The van der Waals surface area contributed by atoms with Crippen LogP contribution in [-0.4, -0.2) is 18.2 Å². The maximum Gasteiger partial charge on any atom is 0.171 e. The molecule has 0 spiro atoms. The van der Waals surface area contributed by atoms with Crippen LogP contribution in [0.4, 0.5) is 0 Å². The van der Waals surface area contributed by atoms with Gasteiger partial charge in [0.25, 0.3) is 0 Å². The zero-order valence-corrected chi connectivity index (χ0v) is 8.16. The first-order valence-electron chi connectivity index (χ1n) is 4.66. The summed E-state index contributed by atoms with van der Waals surface area (Å²) >= 11 is 0. The molecule has 0 fully saturated rings. The van der Waals surface area contributed by atoms with Gasteiger partial charge in [-0.15, -0.1) is 0 Å². The zero-order valence-electron chi connectivity index (χ0n) is 8.16. The lowest BCUT2D eigenvalue weighted by molar-refractivity contribution is 0.0923. The van der Waals surface area contributed by atoms with Crippen LogP contribution in [0.25, 0.3) is 0 Å². The van der Waals surface area contributed by atoms with Crippen molar-refractivity contribution in [1.82, 2.24) is 0 Å². The molecular formula is C12H10O3. The molecule has 0 saturated heterocycles. The number of ether oxygens (including phenoxy) is 1. The second kappa shape index (κ2) is 3.69. The molecule has 0 heterocycles. The quantitative estimate of drug-likeness (QED) is 0.556. The van der Waals surface area contributed by atoms with Gasteiger partial charge in [-0.3, -0.25) is 9.59 Å². The van der Waals surface area contributed by atoms with Crippen LogP contribution in [-0.2, 0) is 0 Å². The summed E-state index contributed by atoms with van der Waals surface area (Å²) in [5.41, 5.74) is 0.979. The van der Waals surface area contributed by atoms with E-state index in [9.17, 15) is 9.59 Å². The summed E-state index contributed by atoms with van der Waals surface area (Å²) in [6.07, 6.45) is 1.61. The molecule has 0 bridgehead atoms. The normalized spacial score (nSPS) is 13.9. The highest BCUT2D eigenvalue weighted by Gasteiger charge is 2.27. The summed E-state index contributed by atoms with van der Waals surface area (Å²) in [6, 6.07) is 4.95. The molecule has 3 nitrogen and oxygen atoms in total. The van der Waals surface area contributed by atoms with E-state index in [1.165, 1.54) is 0 Å². The number of carbonyl (C=O) groups excluding carboxylic acids is 2. The van der Waals surface area contributed by atoms with Crippen molar-refractivity contribution in [3.63, 3.8) is 0 Å². The summed E-state index contributed by atoms with van der Waals surface area (Å²) < 4.78 is 5.28. The molecule has 0 amide bonds. The standard InChI is InChI=1S/C12H10O3/c1-2-5-15-8-3-4-9-10(6-8)12(14)7-11(9)13/h2-4,6H,1,5,7H2. The highest BCUT2D eigenvalue weighted by molar-refractivity contribution is 6.24. The van der Waals surface area contributed by atoms with E-state index >= 15 is 0 Å². The highest BCUT2D eigenvalue weighted by atomic mass is 16.5. The summed E-state index contributed by atoms with van der Waals surface area (Å²) in [7, 11) is 0. The van der Waals surface area contributed by atoms with Gasteiger partial charge in [0.2, 0.25) is 0 Å². The van der Waals surface area contributed by atoms with Crippen molar-refractivity contribution in [3.8, 4) is 5.75 Å². The Morgan fingerprint density at radius 1 is 1.27 bits per heavy atom. The van der Waals surface area contributed by atoms with Gasteiger partial charge in [-0.25, -0.2) is 0 Å². The molecule has 0 radical (unpaired) electrons. The number of hydrogen-bond acceptors (Lipinski definition) is 3. The van der Waals surface area contributed by atoms with Crippen molar-refractivity contribution < 1.29 is 14.3 Å². The molecule has 0 atom stereocenters. The van der Waals surface area contributed by atoms with Crippen molar-refractivity contribution >= 4 is 11.6 Å². The minimum atomic E-state index is -0.126. The Balaban J connectivity index is 2.34. The Morgan fingerprint density at radius 2 is 2.00 bits per heavy atom. The molecule has 1 aromatic carbocycles.